The largest absolute Gasteiger partial charge is 0.407 e. The topological polar surface area (TPSA) is 34.1 Å². The lowest BCUT2D eigenvalue weighted by molar-refractivity contribution is -0.140. The summed E-state index contributed by atoms with van der Waals surface area (Å²) in [5, 5.41) is -2.40. The lowest BCUT2D eigenvalue weighted by Gasteiger charge is -2.25. The van der Waals surface area contributed by atoms with Gasteiger partial charge in [-0.2, -0.15) is 13.2 Å². The average molecular weight is 279 g/mol. The Labute approximate surface area is 97.6 Å². The van der Waals surface area contributed by atoms with E-state index in [0.29, 0.717) is 12.8 Å². The summed E-state index contributed by atoms with van der Waals surface area (Å²) in [6.07, 6.45) is -1.18. The summed E-state index contributed by atoms with van der Waals surface area (Å²) >= 11 is 0. The molecule has 1 rings (SSSR count). The number of hydrogen-bond acceptors (Lipinski definition) is 2. The highest BCUT2D eigenvalue weighted by Gasteiger charge is 2.52. The molecule has 0 radical (unpaired) electrons. The van der Waals surface area contributed by atoms with E-state index in [9.17, 15) is 21.6 Å². The molecular weight excluding hydrogens is 265 g/mol. The molecule has 0 N–H and O–H groups in total. The zero-order valence-electron chi connectivity index (χ0n) is 8.63. The SMILES string of the molecule is O=S(=O)(Cl)C(C1CCCCCC1)C(F)(F)F. The maximum absolute atomic E-state index is 12.7. The highest BCUT2D eigenvalue weighted by Crippen LogP contribution is 2.39. The molecule has 1 atom stereocenters. The summed E-state index contributed by atoms with van der Waals surface area (Å²) in [6.45, 7) is 0. The lowest BCUT2D eigenvalue weighted by atomic mass is 9.96. The van der Waals surface area contributed by atoms with Gasteiger partial charge in [-0.3, -0.25) is 0 Å². The van der Waals surface area contributed by atoms with Crippen molar-refractivity contribution in [2.75, 3.05) is 0 Å². The third-order valence-corrected chi connectivity index (χ3v) is 4.79. The first-order valence-electron chi connectivity index (χ1n) is 5.23. The first-order valence-corrected chi connectivity index (χ1v) is 7.60. The smallest absolute Gasteiger partial charge is 0.212 e. The molecule has 96 valence electrons. The molecule has 0 aliphatic heterocycles. The van der Waals surface area contributed by atoms with Gasteiger partial charge >= 0.3 is 6.18 Å². The highest BCUT2D eigenvalue weighted by atomic mass is 35.7. The Morgan fingerprint density at radius 1 is 1.06 bits per heavy atom. The van der Waals surface area contributed by atoms with E-state index in [1.54, 1.807) is 0 Å². The van der Waals surface area contributed by atoms with E-state index >= 15 is 0 Å². The fourth-order valence-electron chi connectivity index (χ4n) is 2.27. The van der Waals surface area contributed by atoms with Crippen LogP contribution in [0, 0.1) is 5.92 Å². The Balaban J connectivity index is 2.92. The van der Waals surface area contributed by atoms with Gasteiger partial charge in [-0.1, -0.05) is 25.7 Å². The minimum absolute atomic E-state index is 0.288. The molecule has 1 saturated carbocycles. The summed E-state index contributed by atoms with van der Waals surface area (Å²) in [7, 11) is 0.331. The first-order chi connectivity index (χ1) is 7.23. The van der Waals surface area contributed by atoms with Crippen LogP contribution >= 0.6 is 10.7 Å². The van der Waals surface area contributed by atoms with Crippen molar-refractivity contribution >= 4 is 19.7 Å². The van der Waals surface area contributed by atoms with Crippen LogP contribution in [0.4, 0.5) is 13.2 Å². The van der Waals surface area contributed by atoms with Crippen molar-refractivity contribution in [3.63, 3.8) is 0 Å². The molecule has 0 saturated heterocycles. The van der Waals surface area contributed by atoms with Crippen LogP contribution in [0.3, 0.4) is 0 Å². The summed E-state index contributed by atoms with van der Waals surface area (Å²) in [5.41, 5.74) is 0. The minimum atomic E-state index is -4.77. The Morgan fingerprint density at radius 2 is 1.50 bits per heavy atom. The molecule has 0 aromatic carbocycles. The Hall–Kier alpha value is 0.0300. The van der Waals surface area contributed by atoms with Gasteiger partial charge in [0.1, 0.15) is 0 Å². The van der Waals surface area contributed by atoms with E-state index in [1.165, 1.54) is 0 Å². The van der Waals surface area contributed by atoms with Crippen molar-refractivity contribution in [3.8, 4) is 0 Å². The van der Waals surface area contributed by atoms with E-state index in [0.717, 1.165) is 12.8 Å². The number of alkyl halides is 3. The molecule has 0 bridgehead atoms. The van der Waals surface area contributed by atoms with Crippen LogP contribution in [0.2, 0.25) is 0 Å². The van der Waals surface area contributed by atoms with Crippen LogP contribution in [0.5, 0.6) is 0 Å². The molecule has 0 aromatic rings. The molecule has 1 aliphatic carbocycles. The van der Waals surface area contributed by atoms with Gasteiger partial charge in [0.2, 0.25) is 9.05 Å². The van der Waals surface area contributed by atoms with Crippen molar-refractivity contribution in [2.45, 2.75) is 50.0 Å². The molecule has 7 heteroatoms. The van der Waals surface area contributed by atoms with Gasteiger partial charge in [-0.25, -0.2) is 8.42 Å². The molecule has 0 spiro atoms. The molecule has 0 heterocycles. The van der Waals surface area contributed by atoms with Gasteiger partial charge in [0.05, 0.1) is 0 Å². The third-order valence-electron chi connectivity index (χ3n) is 2.95. The van der Waals surface area contributed by atoms with Gasteiger partial charge in [-0.15, -0.1) is 0 Å². The Bertz CT molecular complexity index is 318. The average Bonchev–Trinajstić information content (AvgIpc) is 2.27. The highest BCUT2D eigenvalue weighted by molar-refractivity contribution is 8.14. The zero-order valence-corrected chi connectivity index (χ0v) is 10.2. The summed E-state index contributed by atoms with van der Waals surface area (Å²) in [4.78, 5) is 0. The first kappa shape index (κ1) is 14.1. The zero-order chi connectivity index (χ0) is 12.4. The molecule has 1 unspecified atom stereocenters. The summed E-state index contributed by atoms with van der Waals surface area (Å²) in [6, 6.07) is 0. The van der Waals surface area contributed by atoms with Crippen molar-refractivity contribution in [3.05, 3.63) is 0 Å². The normalized spacial score (nSPS) is 22.8. The molecule has 0 aromatic heterocycles. The molecule has 16 heavy (non-hydrogen) atoms. The number of rotatable bonds is 2. The van der Waals surface area contributed by atoms with Crippen molar-refractivity contribution in [1.82, 2.24) is 0 Å². The second-order valence-corrected chi connectivity index (χ2v) is 6.94. The van der Waals surface area contributed by atoms with E-state index in [4.69, 9.17) is 10.7 Å². The maximum Gasteiger partial charge on any atom is 0.407 e. The molecule has 1 aliphatic rings. The predicted molar refractivity (Wildman–Crippen MR) is 55.8 cm³/mol. The quantitative estimate of drug-likeness (QED) is 0.573. The van der Waals surface area contributed by atoms with E-state index in [-0.39, 0.29) is 12.8 Å². The Morgan fingerprint density at radius 3 is 1.81 bits per heavy atom. The predicted octanol–water partition coefficient (Wildman–Crippen LogP) is 3.46. The maximum atomic E-state index is 12.7. The fraction of sp³-hybridized carbons (Fsp3) is 1.00. The summed E-state index contributed by atoms with van der Waals surface area (Å²) in [5.74, 6) is -0.884. The second kappa shape index (κ2) is 5.12. The molecule has 1 fully saturated rings. The summed E-state index contributed by atoms with van der Waals surface area (Å²) < 4.78 is 60.1. The molecule has 2 nitrogen and oxygen atoms in total. The van der Waals surface area contributed by atoms with Crippen LogP contribution in [-0.2, 0) is 9.05 Å². The van der Waals surface area contributed by atoms with Crippen LogP contribution < -0.4 is 0 Å². The van der Waals surface area contributed by atoms with Crippen molar-refractivity contribution < 1.29 is 21.6 Å². The van der Waals surface area contributed by atoms with E-state index in [1.807, 2.05) is 0 Å². The van der Waals surface area contributed by atoms with Gasteiger partial charge in [0.25, 0.3) is 0 Å². The molecular formula is C9H14ClF3O2S. The van der Waals surface area contributed by atoms with Crippen molar-refractivity contribution in [2.24, 2.45) is 5.92 Å². The number of hydrogen-bond donors (Lipinski definition) is 0. The van der Waals surface area contributed by atoms with E-state index in [2.05, 4.69) is 0 Å². The van der Waals surface area contributed by atoms with Crippen LogP contribution in [0.15, 0.2) is 0 Å². The standard InChI is InChI=1S/C9H14ClF3O2S/c10-16(14,15)8(9(11,12)13)7-5-3-1-2-4-6-7/h7-8H,1-6H2. The van der Waals surface area contributed by atoms with Crippen LogP contribution in [-0.4, -0.2) is 19.8 Å². The van der Waals surface area contributed by atoms with Crippen LogP contribution in [0.25, 0.3) is 0 Å². The second-order valence-electron chi connectivity index (χ2n) is 4.19. The van der Waals surface area contributed by atoms with Gasteiger partial charge in [0, 0.05) is 10.7 Å². The monoisotopic (exact) mass is 278 g/mol. The van der Waals surface area contributed by atoms with Gasteiger partial charge < -0.3 is 0 Å². The fourth-order valence-corrected chi connectivity index (χ4v) is 4.06. The van der Waals surface area contributed by atoms with E-state index < -0.39 is 26.4 Å². The van der Waals surface area contributed by atoms with Crippen LogP contribution in [0.1, 0.15) is 38.5 Å². The van der Waals surface area contributed by atoms with Gasteiger partial charge in [-0.05, 0) is 18.8 Å². The number of halogens is 4. The minimum Gasteiger partial charge on any atom is -0.212 e. The lowest BCUT2D eigenvalue weighted by Crippen LogP contribution is -2.40. The Kier molecular flexibility index (Phi) is 4.51. The van der Waals surface area contributed by atoms with Crippen molar-refractivity contribution in [1.29, 1.82) is 0 Å². The third kappa shape index (κ3) is 3.80. The molecule has 0 amide bonds. The van der Waals surface area contributed by atoms with Gasteiger partial charge in [0.15, 0.2) is 5.25 Å².